The van der Waals surface area contributed by atoms with Gasteiger partial charge in [0.1, 0.15) is 72.1 Å². The second-order valence-electron chi connectivity index (χ2n) is 33.2. The van der Waals surface area contributed by atoms with E-state index in [0.717, 1.165) is 41.9 Å². The van der Waals surface area contributed by atoms with Crippen LogP contribution in [0.15, 0.2) is 12.2 Å². The van der Waals surface area contributed by atoms with Gasteiger partial charge in [-0.3, -0.25) is 57.5 Å². The third-order valence-electron chi connectivity index (χ3n) is 24.1. The molecule has 0 aromatic heterocycles. The Balaban J connectivity index is 1.34. The Labute approximate surface area is 629 Å². The van der Waals surface area contributed by atoms with Crippen molar-refractivity contribution in [1.29, 1.82) is 0 Å². The number of hydrogen-bond acceptors (Lipinski definition) is 13. The first-order valence-electron chi connectivity index (χ1n) is 39.2. The van der Waals surface area contributed by atoms with E-state index in [2.05, 4.69) is 16.0 Å². The number of nitrogens with one attached hydrogen (secondary N) is 3. The van der Waals surface area contributed by atoms with Crippen LogP contribution in [0.3, 0.4) is 0 Å². The molecular weight excluding hydrogens is 1400 g/mol. The molecule has 2 bridgehead atoms. The zero-order chi connectivity index (χ0) is 79.5. The molecule has 12 atom stereocenters. The summed E-state index contributed by atoms with van der Waals surface area (Å²) in [5.74, 6) is -13.6. The topological polar surface area (TPSA) is 279 Å². The van der Waals surface area contributed by atoms with Crippen molar-refractivity contribution in [1.82, 2.24) is 60.0 Å². The number of ether oxygens (including phenoxy) is 1. The molecule has 30 heteroatoms. The molecule has 3 N–H and O–H groups in total. The highest BCUT2D eigenvalue weighted by molar-refractivity contribution is 6.01. The van der Waals surface area contributed by atoms with Gasteiger partial charge in [-0.05, 0) is 126 Å². The summed E-state index contributed by atoms with van der Waals surface area (Å²) in [4.78, 5) is 194. The van der Waals surface area contributed by atoms with Crippen LogP contribution in [0.1, 0.15) is 197 Å². The summed E-state index contributed by atoms with van der Waals surface area (Å²) in [5, 5.41) is 8.67. The maximum absolute atomic E-state index is 15.8. The highest BCUT2D eigenvalue weighted by atomic mass is 19.4. The van der Waals surface area contributed by atoms with Crippen LogP contribution in [0.25, 0.3) is 0 Å². The monoisotopic (exact) mass is 1520 g/mol. The smallest absolute Gasteiger partial charge is 0.377 e. The zero-order valence-electron chi connectivity index (χ0n) is 66.0. The lowest BCUT2D eigenvalue weighted by atomic mass is 9.58. The number of hydrogen-bond donors (Lipinski definition) is 3. The lowest BCUT2D eigenvalue weighted by Crippen LogP contribution is -2.71. The summed E-state index contributed by atoms with van der Waals surface area (Å²) in [6, 6.07) is -10.6. The van der Waals surface area contributed by atoms with Crippen molar-refractivity contribution in [2.45, 2.75) is 275 Å². The van der Waals surface area contributed by atoms with Crippen LogP contribution in [0.2, 0.25) is 0 Å². The molecule has 604 valence electrons. The quantitative estimate of drug-likeness (QED) is 0.122. The van der Waals surface area contributed by atoms with Gasteiger partial charge < -0.3 is 64.8 Å². The Morgan fingerprint density at radius 3 is 1.86 bits per heavy atom. The Hall–Kier alpha value is -7.01. The minimum Gasteiger partial charge on any atom is -0.377 e. The summed E-state index contributed by atoms with van der Waals surface area (Å²) >= 11 is 0. The Morgan fingerprint density at radius 2 is 1.28 bits per heavy atom. The van der Waals surface area contributed by atoms with Crippen molar-refractivity contribution in [2.24, 2.45) is 40.9 Å². The fourth-order valence-corrected chi connectivity index (χ4v) is 17.8. The van der Waals surface area contributed by atoms with E-state index in [9.17, 15) is 37.1 Å². The number of amides is 12. The van der Waals surface area contributed by atoms with Crippen LogP contribution in [-0.4, -0.2) is 282 Å². The molecule has 0 aromatic carbocycles. The van der Waals surface area contributed by atoms with Crippen molar-refractivity contribution >= 4 is 70.9 Å². The van der Waals surface area contributed by atoms with Crippen molar-refractivity contribution in [2.75, 3.05) is 88.7 Å². The fourth-order valence-electron chi connectivity index (χ4n) is 17.8. The SMILES string of the molecule is CCO[C@@H]1C[C@H]2C(=O)NC3(CC(C)(C)C3)C(=O)N(C)[C@@H](C3CCCC3)C(=O)N(C)[C@H](C(=O)N(C)CC)CC(=O)N(C)[C@@H](CC(C)C)C(=O)N[C@@H]([C@@H](C)CC)C(=O)N(C)CC(=O)N(C)[C@H]3C/C=C\CCN(C3=O)[C@@H](CC3CCCCC3)C(=O)N(C)CC(=O)N[C@@H](CCC3CC(F)C(C(F)(F)F)C(F)C3)C(=O)N2C1. The lowest BCUT2D eigenvalue weighted by Gasteiger charge is -2.54. The van der Waals surface area contributed by atoms with Crippen molar-refractivity contribution in [3.05, 3.63) is 12.2 Å². The molecule has 0 radical (unpaired) electrons. The van der Waals surface area contributed by atoms with E-state index in [4.69, 9.17) is 4.74 Å². The van der Waals surface area contributed by atoms with Crippen molar-refractivity contribution in [3.8, 4) is 0 Å². The molecule has 4 saturated carbocycles. The molecule has 12 amide bonds. The highest BCUT2D eigenvalue weighted by Crippen LogP contribution is 2.50. The van der Waals surface area contributed by atoms with Gasteiger partial charge in [0.05, 0.1) is 25.6 Å². The minimum atomic E-state index is -5.18. The summed E-state index contributed by atoms with van der Waals surface area (Å²) in [7, 11) is 9.95. The number of carbonyl (C=O) groups excluding carboxylic acids is 12. The predicted molar refractivity (Wildman–Crippen MR) is 390 cm³/mol. The number of rotatable bonds is 14. The first-order valence-corrected chi connectivity index (χ1v) is 39.2. The lowest BCUT2D eigenvalue weighted by molar-refractivity contribution is -0.219. The maximum atomic E-state index is 15.8. The normalized spacial score (nSPS) is 31.3. The number of nitrogens with zero attached hydrogens (tertiary/aromatic N) is 9. The minimum absolute atomic E-state index is 0.0150. The van der Waals surface area contributed by atoms with E-state index < -0.39 is 217 Å². The first-order chi connectivity index (χ1) is 50.2. The van der Waals surface area contributed by atoms with E-state index in [1.54, 1.807) is 26.8 Å². The summed E-state index contributed by atoms with van der Waals surface area (Å²) in [6.45, 7) is 13.3. The second kappa shape index (κ2) is 37.6. The van der Waals surface area contributed by atoms with E-state index in [1.807, 2.05) is 40.7 Å². The van der Waals surface area contributed by atoms with Crippen LogP contribution in [0, 0.1) is 40.9 Å². The third kappa shape index (κ3) is 21.3. The molecule has 3 heterocycles. The Kier molecular flexibility index (Phi) is 30.7. The molecule has 1 spiro atoms. The molecule has 7 aliphatic rings. The van der Waals surface area contributed by atoms with Gasteiger partial charge in [0.25, 0.3) is 0 Å². The molecule has 2 saturated heterocycles. The van der Waals surface area contributed by atoms with Gasteiger partial charge in [0.15, 0.2) is 0 Å². The Bertz CT molecular complexity index is 3180. The molecular formula is C77H123F5N12O13. The standard InChI is InChI=1S/C77H123F5N12O13/c1-16-47(6)64-72(104)88(11)43-62(97)89(12)55-31-23-20-26-34-93(71(55)103)59(38-48-27-21-19-22-28-48)70(102)87(10)42-60(95)83-54(33-32-49-36-52(78)63(53(79)37-49)77(80,81)82)68(100)94-41-51(107-18-3)39-57(94)67(99)85-76(44-75(7,8)45-76)74(106)92(15)65(50-29-24-25-30-50)73(105)91(14)58(69(101)86(9)17-2)40-61(96)90(13)56(35-46(4)5)66(98)84-64/h20,23,46-59,63-65H,16-19,21-22,24-45H2,1-15H3,(H,83,95)(H,84,98)(H,85,99)/b23-20-/t47-,49?,51+,52?,53?,54-,55-,56-,57-,58-,59-,63?,64-,65-/m0/s1. The van der Waals surface area contributed by atoms with Crippen LogP contribution < -0.4 is 16.0 Å². The first kappa shape index (κ1) is 87.2. The number of alkyl halides is 5. The number of carbonyl (C=O) groups is 12. The van der Waals surface area contributed by atoms with Crippen LogP contribution >= 0.6 is 0 Å². The zero-order valence-corrected chi connectivity index (χ0v) is 66.0. The molecule has 25 nitrogen and oxygen atoms in total. The molecule has 3 aliphatic heterocycles. The average molecular weight is 1520 g/mol. The van der Waals surface area contributed by atoms with Gasteiger partial charge in [-0.1, -0.05) is 105 Å². The van der Waals surface area contributed by atoms with Gasteiger partial charge in [-0.2, -0.15) is 13.2 Å². The van der Waals surface area contributed by atoms with E-state index in [1.165, 1.54) is 83.6 Å². The summed E-state index contributed by atoms with van der Waals surface area (Å²) in [6.07, 6.45) is -2.79. The number of likely N-dealkylation sites (N-methyl/N-ethyl adjacent to an activating group) is 7. The van der Waals surface area contributed by atoms with Crippen molar-refractivity contribution in [3.63, 3.8) is 0 Å². The molecule has 107 heavy (non-hydrogen) atoms. The summed E-state index contributed by atoms with van der Waals surface area (Å²) < 4.78 is 79.1. The van der Waals surface area contributed by atoms with Crippen LogP contribution in [0.4, 0.5) is 22.0 Å². The number of fused-ring (bicyclic) bond motifs is 3. The Morgan fingerprint density at radius 1 is 0.664 bits per heavy atom. The third-order valence-corrected chi connectivity index (χ3v) is 24.1. The molecule has 7 rings (SSSR count). The molecule has 2 unspecified atom stereocenters. The van der Waals surface area contributed by atoms with Gasteiger partial charge in [-0.15, -0.1) is 0 Å². The van der Waals surface area contributed by atoms with E-state index in [-0.39, 0.29) is 83.0 Å². The predicted octanol–water partition coefficient (Wildman–Crippen LogP) is 6.59. The number of halogens is 5. The highest BCUT2D eigenvalue weighted by Gasteiger charge is 2.60. The average Bonchev–Trinajstić information content (AvgIpc) is 1.73. The van der Waals surface area contributed by atoms with Crippen molar-refractivity contribution < 1.29 is 84.2 Å². The van der Waals surface area contributed by atoms with Gasteiger partial charge in [-0.25, -0.2) is 8.78 Å². The van der Waals surface area contributed by atoms with Gasteiger partial charge in [0.2, 0.25) is 70.9 Å². The molecule has 4 aliphatic carbocycles. The second-order valence-corrected chi connectivity index (χ2v) is 33.2. The summed E-state index contributed by atoms with van der Waals surface area (Å²) in [5.41, 5.74) is -2.28. The van der Waals surface area contributed by atoms with E-state index >= 15 is 42.3 Å². The van der Waals surface area contributed by atoms with E-state index in [0.29, 0.717) is 38.5 Å². The van der Waals surface area contributed by atoms with Gasteiger partial charge in [0, 0.05) is 82.0 Å². The van der Waals surface area contributed by atoms with Crippen LogP contribution in [-0.2, 0) is 62.3 Å². The maximum Gasteiger partial charge on any atom is 0.397 e. The fraction of sp³-hybridized carbons (Fsp3) is 0.818. The molecule has 6 fully saturated rings. The van der Waals surface area contributed by atoms with Gasteiger partial charge >= 0.3 is 6.18 Å². The van der Waals surface area contributed by atoms with Crippen LogP contribution in [0.5, 0.6) is 0 Å². The largest absolute Gasteiger partial charge is 0.397 e. The molecule has 0 aromatic rings.